The van der Waals surface area contributed by atoms with Crippen molar-refractivity contribution in [3.8, 4) is 17.1 Å². The van der Waals surface area contributed by atoms with Crippen molar-refractivity contribution in [3.63, 3.8) is 0 Å². The van der Waals surface area contributed by atoms with E-state index in [0.29, 0.717) is 11.6 Å². The molecule has 0 fully saturated rings. The Hall–Kier alpha value is -3.25. The molecule has 0 saturated heterocycles. The van der Waals surface area contributed by atoms with Crippen LogP contribution in [0.1, 0.15) is 19.4 Å². The van der Waals surface area contributed by atoms with Gasteiger partial charge in [0.15, 0.2) is 5.69 Å². The van der Waals surface area contributed by atoms with E-state index in [-0.39, 0.29) is 20.1 Å². The Morgan fingerprint density at radius 3 is 2.56 bits per heavy atom. The standard InChI is InChI=1S/C28H22N3.Ir/c1-19(2)17-22-18-23(29-3)14-16-26(22)31-27-24-12-8-7-9-20(24)13-15-25(27)30-28(31)21-10-5-4-6-11-21;/h4-10,12-16,18-19H,17H2,1-2H3;/q-1;. The van der Waals surface area contributed by atoms with E-state index in [2.05, 4.69) is 77.9 Å². The maximum absolute atomic E-state index is 7.48. The Morgan fingerprint density at radius 2 is 1.81 bits per heavy atom. The van der Waals surface area contributed by atoms with Gasteiger partial charge in [-0.05, 0) is 35.4 Å². The van der Waals surface area contributed by atoms with Gasteiger partial charge in [-0.3, -0.25) is 4.98 Å². The molecule has 0 unspecified atom stereocenters. The van der Waals surface area contributed by atoms with Gasteiger partial charge in [0, 0.05) is 31.2 Å². The number of fused-ring (bicyclic) bond motifs is 3. The summed E-state index contributed by atoms with van der Waals surface area (Å²) in [4.78, 5) is 8.72. The van der Waals surface area contributed by atoms with Crippen molar-refractivity contribution in [1.82, 2.24) is 9.55 Å². The monoisotopic (exact) mass is 593 g/mol. The number of nitrogens with zero attached hydrogens (tertiary/aromatic N) is 3. The topological polar surface area (TPSA) is 22.2 Å². The van der Waals surface area contributed by atoms with Gasteiger partial charge >= 0.3 is 0 Å². The summed E-state index contributed by atoms with van der Waals surface area (Å²) in [6.45, 7) is 11.9. The van der Waals surface area contributed by atoms with Crippen molar-refractivity contribution >= 4 is 27.5 Å². The van der Waals surface area contributed by atoms with Crippen LogP contribution in [0.3, 0.4) is 0 Å². The minimum absolute atomic E-state index is 0. The minimum atomic E-state index is 0. The van der Waals surface area contributed by atoms with Gasteiger partial charge in [-0.1, -0.05) is 56.3 Å². The molecular formula is C28H22IrN3-. The van der Waals surface area contributed by atoms with Crippen LogP contribution in [-0.2, 0) is 26.5 Å². The number of aromatic nitrogens is 2. The van der Waals surface area contributed by atoms with E-state index < -0.39 is 0 Å². The first-order valence-corrected chi connectivity index (χ1v) is 10.5. The third kappa shape index (κ3) is 3.86. The maximum Gasteiger partial charge on any atom is 0.187 e. The molecule has 0 amide bonds. The molecule has 4 aromatic carbocycles. The third-order valence-corrected chi connectivity index (χ3v) is 5.55. The molecule has 3 nitrogen and oxygen atoms in total. The molecule has 1 heterocycles. The van der Waals surface area contributed by atoms with Crippen LogP contribution in [-0.4, -0.2) is 9.55 Å². The molecule has 32 heavy (non-hydrogen) atoms. The largest absolute Gasteiger partial charge is 0.332 e. The third-order valence-electron chi connectivity index (χ3n) is 5.55. The summed E-state index contributed by atoms with van der Waals surface area (Å²) in [5.41, 5.74) is 5.90. The van der Waals surface area contributed by atoms with Crippen molar-refractivity contribution < 1.29 is 20.1 Å². The second kappa shape index (κ2) is 9.09. The van der Waals surface area contributed by atoms with E-state index in [4.69, 9.17) is 11.6 Å². The van der Waals surface area contributed by atoms with Crippen LogP contribution in [0.15, 0.2) is 78.9 Å². The normalized spacial score (nSPS) is 10.9. The van der Waals surface area contributed by atoms with Crippen molar-refractivity contribution in [2.45, 2.75) is 20.3 Å². The second-order valence-corrected chi connectivity index (χ2v) is 8.22. The fourth-order valence-corrected chi connectivity index (χ4v) is 4.25. The molecule has 5 rings (SSSR count). The fourth-order valence-electron chi connectivity index (χ4n) is 4.25. The first kappa shape index (κ1) is 22.0. The number of imidazole rings is 1. The van der Waals surface area contributed by atoms with Gasteiger partial charge in [-0.2, -0.15) is 0 Å². The molecule has 159 valence electrons. The van der Waals surface area contributed by atoms with Crippen molar-refractivity contribution in [2.24, 2.45) is 5.92 Å². The molecular weight excluding hydrogens is 571 g/mol. The Morgan fingerprint density at radius 1 is 1.00 bits per heavy atom. The Labute approximate surface area is 201 Å². The fraction of sp³-hybridized carbons (Fsp3) is 0.143. The summed E-state index contributed by atoms with van der Waals surface area (Å²) >= 11 is 0. The van der Waals surface area contributed by atoms with Gasteiger partial charge in [-0.15, -0.1) is 35.9 Å². The van der Waals surface area contributed by atoms with E-state index in [0.717, 1.165) is 40.1 Å². The molecule has 0 aliphatic carbocycles. The van der Waals surface area contributed by atoms with Gasteiger partial charge < -0.3 is 4.57 Å². The Kier molecular flexibility index (Phi) is 6.24. The van der Waals surface area contributed by atoms with Gasteiger partial charge in [-0.25, -0.2) is 4.85 Å². The number of hydrogen-bond donors (Lipinski definition) is 0. The number of benzene rings is 4. The van der Waals surface area contributed by atoms with Gasteiger partial charge in [0.2, 0.25) is 0 Å². The Balaban J connectivity index is 0.00000245. The van der Waals surface area contributed by atoms with Crippen molar-refractivity contribution in [2.75, 3.05) is 0 Å². The maximum atomic E-state index is 7.48. The second-order valence-electron chi connectivity index (χ2n) is 8.22. The molecule has 0 aliphatic heterocycles. The van der Waals surface area contributed by atoms with Crippen LogP contribution >= 0.6 is 0 Å². The number of rotatable bonds is 4. The molecule has 1 aromatic heterocycles. The summed E-state index contributed by atoms with van der Waals surface area (Å²) in [6, 6.07) is 30.0. The van der Waals surface area contributed by atoms with Crippen molar-refractivity contribution in [1.29, 1.82) is 0 Å². The minimum Gasteiger partial charge on any atom is -0.332 e. The van der Waals surface area contributed by atoms with Crippen LogP contribution in [0.5, 0.6) is 0 Å². The summed E-state index contributed by atoms with van der Waals surface area (Å²) in [7, 11) is 0. The summed E-state index contributed by atoms with van der Waals surface area (Å²) in [5, 5.41) is 2.35. The van der Waals surface area contributed by atoms with E-state index in [1.54, 1.807) is 0 Å². The predicted octanol–water partition coefficient (Wildman–Crippen LogP) is 7.39. The van der Waals surface area contributed by atoms with Crippen molar-refractivity contribution in [3.05, 3.63) is 102 Å². The van der Waals surface area contributed by atoms with E-state index in [1.807, 2.05) is 30.3 Å². The molecule has 0 spiro atoms. The zero-order valence-corrected chi connectivity index (χ0v) is 20.4. The average Bonchev–Trinajstić information content (AvgIpc) is 3.19. The summed E-state index contributed by atoms with van der Waals surface area (Å²) in [5.74, 6) is 1.34. The molecule has 0 bridgehead atoms. The molecule has 4 heteroatoms. The van der Waals surface area contributed by atoms with Gasteiger partial charge in [0.25, 0.3) is 0 Å². The van der Waals surface area contributed by atoms with E-state index >= 15 is 0 Å². The zero-order chi connectivity index (χ0) is 21.4. The van der Waals surface area contributed by atoms with E-state index in [9.17, 15) is 0 Å². The molecule has 0 atom stereocenters. The number of hydrogen-bond acceptors (Lipinski definition) is 1. The molecule has 1 radical (unpaired) electrons. The summed E-state index contributed by atoms with van der Waals surface area (Å²) < 4.78 is 2.26. The van der Waals surface area contributed by atoms with Crippen LogP contribution in [0.2, 0.25) is 0 Å². The molecule has 0 aliphatic rings. The Bertz CT molecular complexity index is 1440. The van der Waals surface area contributed by atoms with Crippen LogP contribution in [0, 0.1) is 18.6 Å². The molecule has 0 saturated carbocycles. The van der Waals surface area contributed by atoms with Gasteiger partial charge in [0.05, 0.1) is 23.4 Å². The smallest absolute Gasteiger partial charge is 0.187 e. The molecule has 5 aromatic rings. The first-order chi connectivity index (χ1) is 15.2. The molecule has 0 N–H and O–H groups in total. The zero-order valence-electron chi connectivity index (χ0n) is 18.0. The van der Waals surface area contributed by atoms with Crippen LogP contribution < -0.4 is 0 Å². The van der Waals surface area contributed by atoms with Gasteiger partial charge in [0.1, 0.15) is 0 Å². The average molecular weight is 593 g/mol. The van der Waals surface area contributed by atoms with E-state index in [1.165, 1.54) is 10.8 Å². The summed E-state index contributed by atoms with van der Waals surface area (Å²) in [6.07, 6.45) is 0.890. The quantitative estimate of drug-likeness (QED) is 0.200. The first-order valence-electron chi connectivity index (χ1n) is 10.5. The SMILES string of the molecule is [C-]#[N+]c1ccc(-n2c(-c3[c-]cccc3)nc3ccc4ccccc4c32)c(CC(C)C)c1.[Ir]. The van der Waals surface area contributed by atoms with Crippen LogP contribution in [0.25, 0.3) is 43.7 Å². The predicted molar refractivity (Wildman–Crippen MR) is 128 cm³/mol. The van der Waals surface area contributed by atoms with Crippen LogP contribution in [0.4, 0.5) is 5.69 Å².